The van der Waals surface area contributed by atoms with E-state index in [9.17, 15) is 14.4 Å². The summed E-state index contributed by atoms with van der Waals surface area (Å²) in [5, 5.41) is 0. The highest BCUT2D eigenvalue weighted by Gasteiger charge is 2.34. The van der Waals surface area contributed by atoms with Crippen molar-refractivity contribution in [2.24, 2.45) is 11.8 Å². The first kappa shape index (κ1) is 24.0. The van der Waals surface area contributed by atoms with Crippen LogP contribution in [-0.4, -0.2) is 42.4 Å². The molecule has 1 atom stereocenters. The van der Waals surface area contributed by atoms with Crippen molar-refractivity contribution in [1.29, 1.82) is 0 Å². The van der Waals surface area contributed by atoms with Crippen molar-refractivity contribution in [3.63, 3.8) is 0 Å². The Morgan fingerprint density at radius 1 is 0.941 bits per heavy atom. The van der Waals surface area contributed by atoms with E-state index in [2.05, 4.69) is 31.2 Å². The van der Waals surface area contributed by atoms with Crippen LogP contribution in [0.5, 0.6) is 0 Å². The lowest BCUT2D eigenvalue weighted by atomic mass is 9.97. The van der Waals surface area contributed by atoms with Gasteiger partial charge < -0.3 is 14.5 Å². The van der Waals surface area contributed by atoms with E-state index in [1.807, 2.05) is 29.2 Å². The third-order valence-electron chi connectivity index (χ3n) is 6.65. The molecular formula is C28H34N2O4. The minimum atomic E-state index is -0.233. The molecule has 0 spiro atoms. The molecule has 1 saturated heterocycles. The van der Waals surface area contributed by atoms with Crippen LogP contribution in [0.15, 0.2) is 48.5 Å². The second-order valence-corrected chi connectivity index (χ2v) is 9.46. The first-order valence-electron chi connectivity index (χ1n) is 12.3. The van der Waals surface area contributed by atoms with Crippen molar-refractivity contribution < 1.29 is 19.1 Å². The summed E-state index contributed by atoms with van der Waals surface area (Å²) >= 11 is 0. The van der Waals surface area contributed by atoms with E-state index < -0.39 is 0 Å². The predicted octanol–water partition coefficient (Wildman–Crippen LogP) is 4.28. The number of hydrogen-bond acceptors (Lipinski definition) is 4. The molecule has 1 heterocycles. The summed E-state index contributed by atoms with van der Waals surface area (Å²) < 4.78 is 5.14. The van der Waals surface area contributed by atoms with Gasteiger partial charge in [0.1, 0.15) is 0 Å². The van der Waals surface area contributed by atoms with E-state index in [1.165, 1.54) is 5.56 Å². The number of aryl methyl sites for hydroxylation is 1. The normalized spacial score (nSPS) is 17.8. The van der Waals surface area contributed by atoms with Crippen LogP contribution in [0.4, 0.5) is 5.69 Å². The van der Waals surface area contributed by atoms with Crippen LogP contribution in [-0.2, 0) is 32.1 Å². The Labute approximate surface area is 201 Å². The van der Waals surface area contributed by atoms with Crippen LogP contribution in [0.2, 0.25) is 0 Å². The van der Waals surface area contributed by atoms with Gasteiger partial charge in [-0.3, -0.25) is 14.4 Å². The number of carbonyl (C=O) groups is 3. The highest BCUT2D eigenvalue weighted by Crippen LogP contribution is 2.33. The zero-order chi connectivity index (χ0) is 24.1. The number of carbonyl (C=O) groups excluding carboxylic acids is 3. The summed E-state index contributed by atoms with van der Waals surface area (Å²) in [6.07, 6.45) is 3.77. The highest BCUT2D eigenvalue weighted by molar-refractivity contribution is 5.96. The lowest BCUT2D eigenvalue weighted by Gasteiger charge is -2.31. The molecule has 2 aromatic carbocycles. The molecule has 6 nitrogen and oxygen atoms in total. The molecule has 2 aliphatic rings. The third kappa shape index (κ3) is 6.04. The maximum absolute atomic E-state index is 13.0. The monoisotopic (exact) mass is 462 g/mol. The fourth-order valence-corrected chi connectivity index (χ4v) is 4.46. The zero-order valence-electron chi connectivity index (χ0n) is 20.2. The number of ether oxygens (including phenoxy) is 1. The van der Waals surface area contributed by atoms with Crippen molar-refractivity contribution in [2.45, 2.75) is 52.5 Å². The number of anilines is 1. The van der Waals surface area contributed by atoms with E-state index in [-0.39, 0.29) is 36.0 Å². The first-order valence-corrected chi connectivity index (χ1v) is 12.3. The Morgan fingerprint density at radius 2 is 1.62 bits per heavy atom. The lowest BCUT2D eigenvalue weighted by molar-refractivity contribution is -0.151. The average molecular weight is 463 g/mol. The molecule has 180 valence electrons. The quantitative estimate of drug-likeness (QED) is 0.549. The lowest BCUT2D eigenvalue weighted by Crippen LogP contribution is -2.43. The van der Waals surface area contributed by atoms with E-state index in [0.717, 1.165) is 42.5 Å². The first-order chi connectivity index (χ1) is 16.4. The van der Waals surface area contributed by atoms with Crippen molar-refractivity contribution >= 4 is 23.5 Å². The fourth-order valence-electron chi connectivity index (χ4n) is 4.46. The largest absolute Gasteiger partial charge is 0.466 e. The van der Waals surface area contributed by atoms with Gasteiger partial charge in [0.15, 0.2) is 0 Å². The molecule has 0 radical (unpaired) electrons. The molecule has 1 aliphatic heterocycles. The molecule has 0 bridgehead atoms. The van der Waals surface area contributed by atoms with Crippen LogP contribution >= 0.6 is 0 Å². The zero-order valence-corrected chi connectivity index (χ0v) is 20.2. The SMILES string of the molecule is CCOC(=O)[C@@H]1CCCN(C(=O)Cc2ccc(N(Cc3ccc(C)cc3)C(=O)C3CC3)cc2)C1. The third-order valence-corrected chi connectivity index (χ3v) is 6.65. The molecule has 6 heteroatoms. The highest BCUT2D eigenvalue weighted by atomic mass is 16.5. The van der Waals surface area contributed by atoms with Gasteiger partial charge >= 0.3 is 5.97 Å². The van der Waals surface area contributed by atoms with Crippen molar-refractivity contribution in [1.82, 2.24) is 4.90 Å². The van der Waals surface area contributed by atoms with Gasteiger partial charge in [-0.05, 0) is 62.8 Å². The molecule has 0 aromatic heterocycles. The van der Waals surface area contributed by atoms with Crippen LogP contribution in [0.25, 0.3) is 0 Å². The van der Waals surface area contributed by atoms with E-state index >= 15 is 0 Å². The van der Waals surface area contributed by atoms with E-state index in [4.69, 9.17) is 4.74 Å². The summed E-state index contributed by atoms with van der Waals surface area (Å²) in [5.74, 6) is -0.129. The van der Waals surface area contributed by atoms with Gasteiger partial charge in [-0.1, -0.05) is 42.0 Å². The molecule has 0 N–H and O–H groups in total. The number of hydrogen-bond donors (Lipinski definition) is 0. The summed E-state index contributed by atoms with van der Waals surface area (Å²) in [7, 11) is 0. The minimum Gasteiger partial charge on any atom is -0.466 e. The molecular weight excluding hydrogens is 428 g/mol. The van der Waals surface area contributed by atoms with Gasteiger partial charge in [0.25, 0.3) is 0 Å². The summed E-state index contributed by atoms with van der Waals surface area (Å²) in [6, 6.07) is 16.0. The Bertz CT molecular complexity index is 1010. The van der Waals surface area contributed by atoms with Gasteiger partial charge in [0.05, 0.1) is 25.5 Å². The standard InChI is InChI=1S/C28H34N2O4/c1-3-34-28(33)24-5-4-16-29(19-24)26(31)17-21-10-14-25(15-11-21)30(27(32)23-12-13-23)18-22-8-6-20(2)7-9-22/h6-11,14-15,23-24H,3-5,12-13,16-19H2,1-2H3/t24-/m1/s1. The number of nitrogens with zero attached hydrogens (tertiary/aromatic N) is 2. The Balaban J connectivity index is 1.41. The van der Waals surface area contributed by atoms with Gasteiger partial charge in [0, 0.05) is 24.7 Å². The van der Waals surface area contributed by atoms with E-state index in [1.54, 1.807) is 11.8 Å². The summed E-state index contributed by atoms with van der Waals surface area (Å²) in [6.45, 7) is 5.85. The van der Waals surface area contributed by atoms with Crippen LogP contribution in [0.1, 0.15) is 49.3 Å². The summed E-state index contributed by atoms with van der Waals surface area (Å²) in [4.78, 5) is 41.6. The van der Waals surface area contributed by atoms with Crippen LogP contribution in [0.3, 0.4) is 0 Å². The Hall–Kier alpha value is -3.15. The van der Waals surface area contributed by atoms with E-state index in [0.29, 0.717) is 26.2 Å². The fraction of sp³-hybridized carbons (Fsp3) is 0.464. The van der Waals surface area contributed by atoms with Gasteiger partial charge in [-0.2, -0.15) is 0 Å². The predicted molar refractivity (Wildman–Crippen MR) is 131 cm³/mol. The molecule has 0 unspecified atom stereocenters. The van der Waals surface area contributed by atoms with Gasteiger partial charge in [0.2, 0.25) is 11.8 Å². The van der Waals surface area contributed by atoms with Crippen LogP contribution in [0, 0.1) is 18.8 Å². The maximum Gasteiger partial charge on any atom is 0.310 e. The number of rotatable bonds is 8. The smallest absolute Gasteiger partial charge is 0.310 e. The molecule has 2 amide bonds. The Morgan fingerprint density at radius 3 is 2.26 bits per heavy atom. The molecule has 4 rings (SSSR count). The molecule has 34 heavy (non-hydrogen) atoms. The molecule has 2 aromatic rings. The maximum atomic E-state index is 13.0. The number of esters is 1. The minimum absolute atomic E-state index is 0.0207. The Kier molecular flexibility index (Phi) is 7.66. The van der Waals surface area contributed by atoms with Crippen LogP contribution < -0.4 is 4.90 Å². The topological polar surface area (TPSA) is 66.9 Å². The van der Waals surface area contributed by atoms with Gasteiger partial charge in [-0.25, -0.2) is 0 Å². The van der Waals surface area contributed by atoms with Gasteiger partial charge in [-0.15, -0.1) is 0 Å². The number of piperidine rings is 1. The van der Waals surface area contributed by atoms with Crippen molar-refractivity contribution in [3.05, 3.63) is 65.2 Å². The number of likely N-dealkylation sites (tertiary alicyclic amines) is 1. The molecule has 1 saturated carbocycles. The van der Waals surface area contributed by atoms with Crippen molar-refractivity contribution in [3.8, 4) is 0 Å². The second-order valence-electron chi connectivity index (χ2n) is 9.46. The molecule has 1 aliphatic carbocycles. The number of amides is 2. The van der Waals surface area contributed by atoms with Crippen molar-refractivity contribution in [2.75, 3.05) is 24.6 Å². The number of benzene rings is 2. The summed E-state index contributed by atoms with van der Waals surface area (Å²) in [5.41, 5.74) is 4.05. The second kappa shape index (κ2) is 10.9. The molecule has 2 fully saturated rings. The average Bonchev–Trinajstić information content (AvgIpc) is 3.70.